The van der Waals surface area contributed by atoms with Gasteiger partial charge in [-0.25, -0.2) is 8.78 Å². The maximum atomic E-state index is 13.7. The largest absolute Gasteiger partial charge is 0.352 e. The van der Waals surface area contributed by atoms with E-state index in [9.17, 15) is 13.2 Å². The number of aromatic amines is 2. The number of halogens is 3. The fourth-order valence-electron chi connectivity index (χ4n) is 5.16. The Balaban J connectivity index is 1.24. The zero-order valence-corrected chi connectivity index (χ0v) is 20.8. The van der Waals surface area contributed by atoms with Crippen molar-refractivity contribution in [2.75, 3.05) is 13.1 Å². The maximum absolute atomic E-state index is 13.7. The first kappa shape index (κ1) is 23.1. The van der Waals surface area contributed by atoms with Crippen molar-refractivity contribution in [1.29, 1.82) is 0 Å². The smallest absolute Gasteiger partial charge is 0.261 e. The molecule has 1 aliphatic rings. The molecule has 6 nitrogen and oxygen atoms in total. The lowest BCUT2D eigenvalue weighted by molar-refractivity contribution is 0.0115. The van der Waals surface area contributed by atoms with Gasteiger partial charge in [0.15, 0.2) is 5.13 Å². The van der Waals surface area contributed by atoms with Crippen LogP contribution in [0.4, 0.5) is 13.2 Å². The summed E-state index contributed by atoms with van der Waals surface area (Å²) in [6.07, 6.45) is 6.91. The van der Waals surface area contributed by atoms with Crippen LogP contribution in [0.1, 0.15) is 12.0 Å². The SMILES string of the molecule is Fc1ccc(-c2cncc3[nH]c(-c4n[nH]c5ccc(-c6cncc(CN7CCC(F)(F)C7)c6)cc45)cc23)s1. The Morgan fingerprint density at radius 3 is 2.63 bits per heavy atom. The Bertz CT molecular complexity index is 1800. The van der Waals surface area contributed by atoms with Gasteiger partial charge in [-0.05, 0) is 47.5 Å². The first-order valence-electron chi connectivity index (χ1n) is 12.2. The molecule has 2 N–H and O–H groups in total. The third-order valence-electron chi connectivity index (χ3n) is 6.99. The molecule has 1 fully saturated rings. The van der Waals surface area contributed by atoms with Crippen molar-refractivity contribution in [2.24, 2.45) is 0 Å². The second-order valence-electron chi connectivity index (χ2n) is 9.67. The predicted octanol–water partition coefficient (Wildman–Crippen LogP) is 6.88. The highest BCUT2D eigenvalue weighted by Gasteiger charge is 2.37. The van der Waals surface area contributed by atoms with E-state index < -0.39 is 5.92 Å². The van der Waals surface area contributed by atoms with Crippen LogP contribution in [0.2, 0.25) is 0 Å². The minimum atomic E-state index is -2.62. The summed E-state index contributed by atoms with van der Waals surface area (Å²) in [5, 5.41) is 9.30. The molecular formula is C28H21F3N6S. The molecule has 0 bridgehead atoms. The average Bonchev–Trinajstić information content (AvgIpc) is 3.69. The van der Waals surface area contributed by atoms with Crippen LogP contribution in [0.25, 0.3) is 54.8 Å². The van der Waals surface area contributed by atoms with Gasteiger partial charge in [0.05, 0.1) is 29.5 Å². The van der Waals surface area contributed by atoms with Crippen LogP contribution in [-0.4, -0.2) is 49.1 Å². The molecule has 7 rings (SSSR count). The first-order valence-corrected chi connectivity index (χ1v) is 13.0. The highest BCUT2D eigenvalue weighted by molar-refractivity contribution is 7.14. The van der Waals surface area contributed by atoms with Gasteiger partial charge in [-0.15, -0.1) is 11.3 Å². The van der Waals surface area contributed by atoms with E-state index in [4.69, 9.17) is 0 Å². The van der Waals surface area contributed by atoms with Gasteiger partial charge in [-0.1, -0.05) is 6.07 Å². The van der Waals surface area contributed by atoms with Crippen LogP contribution in [0.15, 0.2) is 67.3 Å². The summed E-state index contributed by atoms with van der Waals surface area (Å²) in [7, 11) is 0. The number of H-pyrrole nitrogens is 2. The number of hydrogen-bond acceptors (Lipinski definition) is 5. The van der Waals surface area contributed by atoms with Gasteiger partial charge in [-0.2, -0.15) is 9.49 Å². The molecule has 0 unspecified atom stereocenters. The van der Waals surface area contributed by atoms with Gasteiger partial charge in [0.2, 0.25) is 0 Å². The number of fused-ring (bicyclic) bond motifs is 2. The molecule has 190 valence electrons. The summed E-state index contributed by atoms with van der Waals surface area (Å²) in [6.45, 7) is 0.602. The molecule has 1 aliphatic heterocycles. The lowest BCUT2D eigenvalue weighted by atomic mass is 10.0. The fourth-order valence-corrected chi connectivity index (χ4v) is 5.92. The Labute approximate surface area is 219 Å². The van der Waals surface area contributed by atoms with Gasteiger partial charge in [-0.3, -0.25) is 20.0 Å². The van der Waals surface area contributed by atoms with Crippen LogP contribution in [-0.2, 0) is 6.54 Å². The number of alkyl halides is 2. The van der Waals surface area contributed by atoms with Gasteiger partial charge in [0.1, 0.15) is 5.69 Å². The number of hydrogen-bond donors (Lipinski definition) is 2. The zero-order valence-electron chi connectivity index (χ0n) is 20.0. The van der Waals surface area contributed by atoms with E-state index in [0.29, 0.717) is 13.1 Å². The van der Waals surface area contributed by atoms with E-state index in [1.165, 1.54) is 6.07 Å². The Kier molecular flexibility index (Phi) is 5.34. The van der Waals surface area contributed by atoms with E-state index in [2.05, 4.69) is 31.2 Å². The molecule has 6 heterocycles. The second-order valence-corrected chi connectivity index (χ2v) is 10.7. The summed E-state index contributed by atoms with van der Waals surface area (Å²) in [4.78, 5) is 14.7. The molecule has 1 saturated heterocycles. The number of nitrogens with one attached hydrogen (secondary N) is 2. The Hall–Kier alpha value is -4.02. The third kappa shape index (κ3) is 4.15. The minimum Gasteiger partial charge on any atom is -0.352 e. The van der Waals surface area contributed by atoms with Crippen LogP contribution in [0, 0.1) is 5.13 Å². The topological polar surface area (TPSA) is 73.5 Å². The number of aromatic nitrogens is 5. The number of thiophene rings is 1. The summed E-state index contributed by atoms with van der Waals surface area (Å²) >= 11 is 1.09. The first-order chi connectivity index (χ1) is 18.4. The highest BCUT2D eigenvalue weighted by atomic mass is 32.1. The zero-order chi connectivity index (χ0) is 25.9. The number of pyridine rings is 2. The molecule has 0 radical (unpaired) electrons. The molecule has 0 amide bonds. The van der Waals surface area contributed by atoms with Crippen molar-refractivity contribution in [3.8, 4) is 33.0 Å². The highest BCUT2D eigenvalue weighted by Crippen LogP contribution is 2.37. The molecule has 1 aromatic carbocycles. The molecule has 0 aliphatic carbocycles. The molecular weight excluding hydrogens is 509 g/mol. The normalized spacial score (nSPS) is 15.7. The molecule has 0 saturated carbocycles. The van der Waals surface area contributed by atoms with Crippen molar-refractivity contribution >= 4 is 33.1 Å². The van der Waals surface area contributed by atoms with Crippen molar-refractivity contribution in [3.63, 3.8) is 0 Å². The Morgan fingerprint density at radius 1 is 0.921 bits per heavy atom. The summed E-state index contributed by atoms with van der Waals surface area (Å²) in [5.41, 5.74) is 6.90. The van der Waals surface area contributed by atoms with E-state index in [0.717, 1.165) is 71.7 Å². The van der Waals surface area contributed by atoms with Crippen LogP contribution in [0.5, 0.6) is 0 Å². The number of nitrogens with zero attached hydrogens (tertiary/aromatic N) is 4. The van der Waals surface area contributed by atoms with Crippen molar-refractivity contribution in [2.45, 2.75) is 18.9 Å². The quantitative estimate of drug-likeness (QED) is 0.255. The summed E-state index contributed by atoms with van der Waals surface area (Å²) < 4.78 is 40.9. The van der Waals surface area contributed by atoms with Crippen molar-refractivity contribution in [1.82, 2.24) is 30.0 Å². The van der Waals surface area contributed by atoms with E-state index >= 15 is 0 Å². The average molecular weight is 531 g/mol. The van der Waals surface area contributed by atoms with Crippen LogP contribution in [0.3, 0.4) is 0 Å². The lowest BCUT2D eigenvalue weighted by Crippen LogP contribution is -2.24. The molecule has 0 atom stereocenters. The third-order valence-corrected chi connectivity index (χ3v) is 7.89. The van der Waals surface area contributed by atoms with E-state index in [1.807, 2.05) is 24.3 Å². The summed E-state index contributed by atoms with van der Waals surface area (Å²) in [6, 6.07) is 13.3. The minimum absolute atomic E-state index is 0.102. The van der Waals surface area contributed by atoms with E-state index in [-0.39, 0.29) is 18.1 Å². The fraction of sp³-hybridized carbons (Fsp3) is 0.179. The second kappa shape index (κ2) is 8.78. The van der Waals surface area contributed by atoms with Gasteiger partial charge in [0, 0.05) is 64.9 Å². The lowest BCUT2D eigenvalue weighted by Gasteiger charge is -2.15. The van der Waals surface area contributed by atoms with Crippen LogP contribution >= 0.6 is 11.3 Å². The van der Waals surface area contributed by atoms with Gasteiger partial charge in [0.25, 0.3) is 5.92 Å². The maximum Gasteiger partial charge on any atom is 0.261 e. The van der Waals surface area contributed by atoms with Crippen molar-refractivity contribution < 1.29 is 13.2 Å². The van der Waals surface area contributed by atoms with Crippen LogP contribution < -0.4 is 0 Å². The standard InChI is InChI=1S/C28H21F3N6S/c29-26-4-3-25(38-26)21-12-33-13-24-19(21)9-23(34-24)27-20-8-17(1-2-22(20)35-36-27)18-7-16(10-32-11-18)14-37-6-5-28(30,31)15-37/h1-4,7-13,34H,5-6,14-15H2,(H,35,36). The molecule has 38 heavy (non-hydrogen) atoms. The number of benzene rings is 1. The van der Waals surface area contributed by atoms with Gasteiger partial charge >= 0.3 is 0 Å². The molecule has 6 aromatic rings. The monoisotopic (exact) mass is 530 g/mol. The predicted molar refractivity (Wildman–Crippen MR) is 143 cm³/mol. The summed E-state index contributed by atoms with van der Waals surface area (Å²) in [5.74, 6) is -2.62. The Morgan fingerprint density at radius 2 is 1.82 bits per heavy atom. The molecule has 5 aromatic heterocycles. The molecule has 10 heteroatoms. The van der Waals surface area contributed by atoms with Crippen molar-refractivity contribution in [3.05, 3.63) is 77.9 Å². The van der Waals surface area contributed by atoms with E-state index in [1.54, 1.807) is 35.8 Å². The molecule has 0 spiro atoms. The number of rotatable bonds is 5. The van der Waals surface area contributed by atoms with Gasteiger partial charge < -0.3 is 4.98 Å². The number of likely N-dealkylation sites (tertiary alicyclic amines) is 1.